The Morgan fingerprint density at radius 2 is 1.25 bits per heavy atom. The molecule has 0 aliphatic carbocycles. The maximum absolute atomic E-state index is 12.9. The van der Waals surface area contributed by atoms with Gasteiger partial charge in [0, 0.05) is 67.6 Å². The van der Waals surface area contributed by atoms with Gasteiger partial charge in [-0.1, -0.05) is 35.3 Å². The first-order valence-corrected chi connectivity index (χ1v) is 18.0. The molecule has 0 aliphatic heterocycles. The number of benzene rings is 2. The number of rotatable bonds is 10. The number of halogens is 2. The van der Waals surface area contributed by atoms with Gasteiger partial charge < -0.3 is 25.6 Å². The molecule has 1 amide bonds. The van der Waals surface area contributed by atoms with Crippen LogP contribution in [0.2, 0.25) is 10.0 Å². The van der Waals surface area contributed by atoms with E-state index in [2.05, 4.69) is 30.2 Å². The third-order valence-corrected chi connectivity index (χ3v) is 9.44. The summed E-state index contributed by atoms with van der Waals surface area (Å²) in [6.45, 7) is 4.19. The van der Waals surface area contributed by atoms with Crippen LogP contribution in [0.25, 0.3) is 21.8 Å². The van der Waals surface area contributed by atoms with Gasteiger partial charge in [0.05, 0.1) is 38.0 Å². The molecule has 5 aromatic heterocycles. The van der Waals surface area contributed by atoms with Gasteiger partial charge in [-0.15, -0.1) is 0 Å². The van der Waals surface area contributed by atoms with Gasteiger partial charge in [0.25, 0.3) is 5.91 Å². The van der Waals surface area contributed by atoms with Crippen LogP contribution in [0.5, 0.6) is 0 Å². The van der Waals surface area contributed by atoms with E-state index < -0.39 is 18.2 Å². The number of nitrogens with zero attached hydrogens (tertiary/aromatic N) is 5. The second-order valence-electron chi connectivity index (χ2n) is 12.8. The highest BCUT2D eigenvalue weighted by atomic mass is 35.5. The van der Waals surface area contributed by atoms with E-state index >= 15 is 0 Å². The van der Waals surface area contributed by atoms with Crippen LogP contribution in [0, 0.1) is 13.8 Å². The Morgan fingerprint density at radius 1 is 0.732 bits per heavy atom. The molecule has 7 rings (SSSR count). The monoisotopic (exact) mass is 789 g/mol. The highest BCUT2D eigenvalue weighted by molar-refractivity contribution is 6.31. The van der Waals surface area contributed by atoms with E-state index in [1.807, 2.05) is 62.4 Å². The third-order valence-electron chi connectivity index (χ3n) is 9.03. The molecular formula is C42H37Cl2N7O5. The van der Waals surface area contributed by atoms with Crippen molar-refractivity contribution in [2.24, 2.45) is 0 Å². The van der Waals surface area contributed by atoms with E-state index in [-0.39, 0.29) is 11.5 Å². The van der Waals surface area contributed by atoms with E-state index in [0.29, 0.717) is 39.4 Å². The summed E-state index contributed by atoms with van der Waals surface area (Å²) in [5.41, 5.74) is 13.7. The van der Waals surface area contributed by atoms with E-state index in [1.54, 1.807) is 51.0 Å². The number of nitrogens with two attached hydrogens (primary N) is 1. The lowest BCUT2D eigenvalue weighted by molar-refractivity contribution is 0.0695. The predicted octanol–water partition coefficient (Wildman–Crippen LogP) is 8.26. The number of carbonyl (C=O) groups is 2. The molecule has 4 N–H and O–H groups in total. The van der Waals surface area contributed by atoms with Gasteiger partial charge in [0.2, 0.25) is 0 Å². The van der Waals surface area contributed by atoms with Crippen LogP contribution in [0.4, 0.5) is 5.82 Å². The molecule has 0 bridgehead atoms. The number of carbonyl (C=O) groups excluding carboxylic acids is 1. The largest absolute Gasteiger partial charge is 0.478 e. The molecule has 284 valence electrons. The fourth-order valence-electron chi connectivity index (χ4n) is 6.31. The summed E-state index contributed by atoms with van der Waals surface area (Å²) in [6, 6.07) is 23.3. The molecule has 0 radical (unpaired) electrons. The number of hydrogen-bond acceptors (Lipinski definition) is 10. The highest BCUT2D eigenvalue weighted by Crippen LogP contribution is 2.30. The van der Waals surface area contributed by atoms with Gasteiger partial charge >= 0.3 is 5.97 Å². The summed E-state index contributed by atoms with van der Waals surface area (Å²) in [6.07, 6.45) is 5.35. The van der Waals surface area contributed by atoms with Crippen molar-refractivity contribution < 1.29 is 24.2 Å². The van der Waals surface area contributed by atoms with Crippen molar-refractivity contribution in [3.63, 3.8) is 0 Å². The number of anilines is 1. The minimum Gasteiger partial charge on any atom is -0.478 e. The standard InChI is InChI=1S/C25H24ClN5O2.C17H13ClN2O3/c1-14-8-23(27)31-15(2)20(14)13-30-25(32)17-6-7-28-22(11-17)24(33-3)16-4-5-21-18(9-16)10-19(26)12-29-21;1-23-16(15-8-11(17(21)22)4-5-19-15)10-2-3-14-12(6-10)7-13(18)9-20-14/h4-12,24H,13H2,1-3H3,(H2,27,31)(H,30,32);2-9,16H,1H3,(H,21,22). The minimum absolute atomic E-state index is 0.169. The molecule has 2 atom stereocenters. The summed E-state index contributed by atoms with van der Waals surface area (Å²) < 4.78 is 11.3. The second kappa shape index (κ2) is 17.6. The van der Waals surface area contributed by atoms with Crippen molar-refractivity contribution >= 4 is 62.7 Å². The minimum atomic E-state index is -1.00. The van der Waals surface area contributed by atoms with Crippen LogP contribution in [-0.2, 0) is 16.0 Å². The molecule has 12 nitrogen and oxygen atoms in total. The summed E-state index contributed by atoms with van der Waals surface area (Å²) in [5, 5.41) is 15.0. The molecule has 0 aliphatic rings. The van der Waals surface area contributed by atoms with Crippen molar-refractivity contribution in [1.82, 2.24) is 30.2 Å². The molecule has 2 aromatic carbocycles. The topological polar surface area (TPSA) is 175 Å². The second-order valence-corrected chi connectivity index (χ2v) is 13.7. The summed E-state index contributed by atoms with van der Waals surface area (Å²) >= 11 is 12.1. The quantitative estimate of drug-likeness (QED) is 0.122. The van der Waals surface area contributed by atoms with Gasteiger partial charge in [-0.2, -0.15) is 0 Å². The number of amides is 1. The SMILES string of the molecule is COC(c1ccc2ncc(Cl)cc2c1)c1cc(C(=O)NCc2c(C)cc(N)nc2C)ccn1.COC(c1ccc2ncc(Cl)cc2c1)c1cc(C(=O)O)ccn1. The first-order valence-electron chi connectivity index (χ1n) is 17.3. The Balaban J connectivity index is 0.000000202. The van der Waals surface area contributed by atoms with Gasteiger partial charge in [-0.3, -0.25) is 24.7 Å². The fourth-order valence-corrected chi connectivity index (χ4v) is 6.64. The van der Waals surface area contributed by atoms with E-state index in [0.717, 1.165) is 49.8 Å². The number of aromatic nitrogens is 5. The van der Waals surface area contributed by atoms with E-state index in [1.165, 1.54) is 18.3 Å². The number of hydrogen-bond donors (Lipinski definition) is 3. The van der Waals surface area contributed by atoms with Crippen molar-refractivity contribution in [2.45, 2.75) is 32.6 Å². The smallest absolute Gasteiger partial charge is 0.335 e. The van der Waals surface area contributed by atoms with Gasteiger partial charge in [-0.25, -0.2) is 9.78 Å². The van der Waals surface area contributed by atoms with Gasteiger partial charge in [-0.05, 0) is 103 Å². The molecule has 7 aromatic rings. The van der Waals surface area contributed by atoms with Crippen LogP contribution >= 0.6 is 23.2 Å². The number of pyridine rings is 5. The Morgan fingerprint density at radius 3 is 1.75 bits per heavy atom. The fraction of sp³-hybridized carbons (Fsp3) is 0.167. The number of fused-ring (bicyclic) bond motifs is 2. The average Bonchev–Trinajstić information content (AvgIpc) is 3.18. The van der Waals surface area contributed by atoms with Crippen LogP contribution in [0.3, 0.4) is 0 Å². The molecule has 0 saturated heterocycles. The third kappa shape index (κ3) is 9.24. The van der Waals surface area contributed by atoms with Crippen LogP contribution in [0.15, 0.2) is 104 Å². The number of carboxylic acid groups (broad SMARTS) is 1. The zero-order valence-electron chi connectivity index (χ0n) is 30.8. The van der Waals surface area contributed by atoms with Crippen molar-refractivity contribution in [3.05, 3.63) is 164 Å². The predicted molar refractivity (Wildman–Crippen MR) is 216 cm³/mol. The number of carboxylic acids is 1. The molecule has 56 heavy (non-hydrogen) atoms. The van der Waals surface area contributed by atoms with Crippen molar-refractivity contribution in [1.29, 1.82) is 0 Å². The Bertz CT molecular complexity index is 2550. The lowest BCUT2D eigenvalue weighted by atomic mass is 10.0. The van der Waals surface area contributed by atoms with Crippen LogP contribution in [0.1, 0.15) is 72.3 Å². The van der Waals surface area contributed by atoms with Crippen LogP contribution < -0.4 is 11.1 Å². The zero-order valence-corrected chi connectivity index (χ0v) is 32.3. The molecule has 5 heterocycles. The summed E-state index contributed by atoms with van der Waals surface area (Å²) in [5.74, 6) is -0.743. The van der Waals surface area contributed by atoms with Crippen molar-refractivity contribution in [3.8, 4) is 0 Å². The summed E-state index contributed by atoms with van der Waals surface area (Å²) in [4.78, 5) is 45.5. The molecule has 0 saturated carbocycles. The Labute approximate surface area is 332 Å². The van der Waals surface area contributed by atoms with Crippen molar-refractivity contribution in [2.75, 3.05) is 20.0 Å². The Hall–Kier alpha value is -6.05. The number of aromatic carboxylic acids is 1. The molecule has 2 unspecified atom stereocenters. The first-order chi connectivity index (χ1) is 26.9. The Kier molecular flexibility index (Phi) is 12.5. The number of methoxy groups -OCH3 is 2. The number of aryl methyl sites for hydroxylation is 2. The zero-order chi connectivity index (χ0) is 39.9. The van der Waals surface area contributed by atoms with E-state index in [4.69, 9.17) is 43.5 Å². The lowest BCUT2D eigenvalue weighted by Crippen LogP contribution is -2.24. The maximum Gasteiger partial charge on any atom is 0.335 e. The van der Waals surface area contributed by atoms with E-state index in [9.17, 15) is 9.59 Å². The molecule has 0 spiro atoms. The number of ether oxygens (including phenoxy) is 2. The first kappa shape index (κ1) is 39.6. The lowest BCUT2D eigenvalue weighted by Gasteiger charge is -2.17. The maximum atomic E-state index is 12.9. The van der Waals surface area contributed by atoms with Crippen LogP contribution in [-0.4, -0.2) is 56.1 Å². The van der Waals surface area contributed by atoms with Gasteiger partial charge in [0.1, 0.15) is 18.0 Å². The van der Waals surface area contributed by atoms with Gasteiger partial charge in [0.15, 0.2) is 0 Å². The highest BCUT2D eigenvalue weighted by Gasteiger charge is 2.19. The molecular weight excluding hydrogens is 753 g/mol. The molecule has 0 fully saturated rings. The number of nitrogens with one attached hydrogen (secondary N) is 1. The number of nitrogen functional groups attached to an aromatic ring is 1. The average molecular weight is 791 g/mol. The molecule has 14 heteroatoms. The normalized spacial score (nSPS) is 12.1. The summed E-state index contributed by atoms with van der Waals surface area (Å²) in [7, 11) is 3.17.